The Morgan fingerprint density at radius 2 is 2.26 bits per heavy atom. The lowest BCUT2D eigenvalue weighted by Crippen LogP contribution is -2.23. The normalized spacial score (nSPS) is 36.7. The first kappa shape index (κ1) is 14.3. The van der Waals surface area contributed by atoms with Crippen LogP contribution in [0.25, 0.3) is 0 Å². The van der Waals surface area contributed by atoms with Crippen molar-refractivity contribution in [3.8, 4) is 0 Å². The molecule has 0 N–H and O–H groups in total. The van der Waals surface area contributed by atoms with Gasteiger partial charge < -0.3 is 14.3 Å². The summed E-state index contributed by atoms with van der Waals surface area (Å²) in [5.41, 5.74) is 1.15. The molecule has 2 aliphatic rings. The SMILES string of the molecule is CC1=CCCC2(C)OC2COC(=O)C(C=O)CCC1. The van der Waals surface area contributed by atoms with Crippen molar-refractivity contribution in [2.75, 3.05) is 6.61 Å². The molecule has 106 valence electrons. The van der Waals surface area contributed by atoms with E-state index in [9.17, 15) is 9.59 Å². The molecule has 0 aliphatic carbocycles. The topological polar surface area (TPSA) is 55.9 Å². The second-order valence-corrected chi connectivity index (χ2v) is 5.77. The predicted octanol–water partition coefficient (Wildman–Crippen LogP) is 2.41. The maximum atomic E-state index is 11.8. The Labute approximate surface area is 114 Å². The number of ether oxygens (including phenoxy) is 2. The molecule has 2 aliphatic heterocycles. The molecule has 4 heteroatoms. The van der Waals surface area contributed by atoms with E-state index in [1.54, 1.807) is 0 Å². The van der Waals surface area contributed by atoms with Crippen LogP contribution in [0.4, 0.5) is 0 Å². The van der Waals surface area contributed by atoms with Gasteiger partial charge in [0, 0.05) is 0 Å². The fourth-order valence-corrected chi connectivity index (χ4v) is 2.54. The Kier molecular flexibility index (Phi) is 4.40. The number of fused-ring (bicyclic) bond motifs is 1. The smallest absolute Gasteiger partial charge is 0.316 e. The van der Waals surface area contributed by atoms with Gasteiger partial charge in [0.15, 0.2) is 0 Å². The molecular formula is C15H22O4. The molecule has 2 heterocycles. The number of hydrogen-bond donors (Lipinski definition) is 0. The van der Waals surface area contributed by atoms with Crippen LogP contribution in [-0.4, -0.2) is 30.6 Å². The molecular weight excluding hydrogens is 244 g/mol. The Hall–Kier alpha value is -1.16. The van der Waals surface area contributed by atoms with Gasteiger partial charge >= 0.3 is 5.97 Å². The monoisotopic (exact) mass is 266 g/mol. The van der Waals surface area contributed by atoms with Crippen LogP contribution >= 0.6 is 0 Å². The molecule has 4 nitrogen and oxygen atoms in total. The van der Waals surface area contributed by atoms with E-state index in [1.165, 1.54) is 5.57 Å². The highest BCUT2D eigenvalue weighted by atomic mass is 16.6. The lowest BCUT2D eigenvalue weighted by molar-refractivity contribution is -0.150. The number of esters is 1. The largest absolute Gasteiger partial charge is 0.462 e. The van der Waals surface area contributed by atoms with E-state index in [0.717, 1.165) is 25.7 Å². The molecule has 19 heavy (non-hydrogen) atoms. The zero-order valence-corrected chi connectivity index (χ0v) is 11.7. The molecule has 1 saturated heterocycles. The molecule has 0 spiro atoms. The van der Waals surface area contributed by atoms with Gasteiger partial charge in [-0.3, -0.25) is 4.79 Å². The highest BCUT2D eigenvalue weighted by Gasteiger charge is 2.52. The minimum atomic E-state index is -0.626. The predicted molar refractivity (Wildman–Crippen MR) is 70.6 cm³/mol. The standard InChI is InChI=1S/C15H22O4/c1-11-5-3-7-12(9-16)14(17)18-10-13-15(2,19-13)8-4-6-11/h6,9,12-13H,3-5,7-8,10H2,1-2H3. The van der Waals surface area contributed by atoms with Crippen LogP contribution in [0.5, 0.6) is 0 Å². The second-order valence-electron chi connectivity index (χ2n) is 5.77. The quantitative estimate of drug-likeness (QED) is 0.240. The van der Waals surface area contributed by atoms with Gasteiger partial charge in [-0.05, 0) is 46.0 Å². The summed E-state index contributed by atoms with van der Waals surface area (Å²) in [6, 6.07) is 0. The zero-order valence-electron chi connectivity index (χ0n) is 11.7. The Morgan fingerprint density at radius 1 is 1.47 bits per heavy atom. The van der Waals surface area contributed by atoms with E-state index in [1.807, 2.05) is 6.92 Å². The minimum absolute atomic E-state index is 0.0155. The summed E-state index contributed by atoms with van der Waals surface area (Å²) in [4.78, 5) is 22.7. The average Bonchev–Trinajstić information content (AvgIpc) is 3.02. The summed E-state index contributed by atoms with van der Waals surface area (Å²) in [5, 5.41) is 0. The van der Waals surface area contributed by atoms with E-state index < -0.39 is 11.9 Å². The lowest BCUT2D eigenvalue weighted by Gasteiger charge is -2.09. The number of hydrogen-bond acceptors (Lipinski definition) is 4. The van der Waals surface area contributed by atoms with Crippen molar-refractivity contribution in [1.82, 2.24) is 0 Å². The van der Waals surface area contributed by atoms with Crippen LogP contribution in [0.2, 0.25) is 0 Å². The molecule has 0 aromatic heterocycles. The van der Waals surface area contributed by atoms with Crippen molar-refractivity contribution in [2.24, 2.45) is 5.92 Å². The molecule has 0 saturated carbocycles. The molecule has 0 aromatic rings. The van der Waals surface area contributed by atoms with Gasteiger partial charge in [-0.2, -0.15) is 0 Å². The summed E-state index contributed by atoms with van der Waals surface area (Å²) in [6.07, 6.45) is 7.20. The van der Waals surface area contributed by atoms with E-state index in [0.29, 0.717) is 12.7 Å². The lowest BCUT2D eigenvalue weighted by atomic mass is 9.99. The second kappa shape index (κ2) is 5.87. The fourth-order valence-electron chi connectivity index (χ4n) is 2.54. The van der Waals surface area contributed by atoms with E-state index in [2.05, 4.69) is 13.0 Å². The third-order valence-electron chi connectivity index (χ3n) is 4.10. The Bertz CT molecular complexity index is 388. The third kappa shape index (κ3) is 3.66. The van der Waals surface area contributed by atoms with Crippen LogP contribution in [0.1, 0.15) is 46.0 Å². The number of allylic oxidation sites excluding steroid dienone is 2. The summed E-state index contributed by atoms with van der Waals surface area (Å²) < 4.78 is 10.8. The molecule has 0 radical (unpaired) electrons. The Balaban J connectivity index is 2.01. The summed E-state index contributed by atoms with van der Waals surface area (Å²) in [7, 11) is 0. The van der Waals surface area contributed by atoms with Crippen LogP contribution in [-0.2, 0) is 19.1 Å². The molecule has 3 unspecified atom stereocenters. The maximum absolute atomic E-state index is 11.8. The van der Waals surface area contributed by atoms with Crippen LogP contribution in [0.15, 0.2) is 11.6 Å². The Morgan fingerprint density at radius 3 is 3.00 bits per heavy atom. The first-order chi connectivity index (χ1) is 9.05. The summed E-state index contributed by atoms with van der Waals surface area (Å²) >= 11 is 0. The number of cyclic esters (lactones) is 1. The fraction of sp³-hybridized carbons (Fsp3) is 0.733. The van der Waals surface area contributed by atoms with Crippen LogP contribution in [0.3, 0.4) is 0 Å². The molecule has 2 rings (SSSR count). The molecule has 3 atom stereocenters. The van der Waals surface area contributed by atoms with Crippen molar-refractivity contribution in [3.63, 3.8) is 0 Å². The van der Waals surface area contributed by atoms with Gasteiger partial charge in [0.05, 0.1) is 5.60 Å². The molecule has 1 fully saturated rings. The average molecular weight is 266 g/mol. The number of rotatable bonds is 1. The van der Waals surface area contributed by atoms with Crippen molar-refractivity contribution < 1.29 is 19.1 Å². The number of carbonyl (C=O) groups excluding carboxylic acids is 2. The zero-order chi connectivity index (χ0) is 13.9. The first-order valence-electron chi connectivity index (χ1n) is 7.00. The molecule has 0 aromatic carbocycles. The van der Waals surface area contributed by atoms with Crippen molar-refractivity contribution >= 4 is 12.3 Å². The summed E-state index contributed by atoms with van der Waals surface area (Å²) in [5.74, 6) is -1.03. The van der Waals surface area contributed by atoms with Gasteiger partial charge in [0.1, 0.15) is 24.9 Å². The van der Waals surface area contributed by atoms with Gasteiger partial charge in [-0.1, -0.05) is 11.6 Å². The van der Waals surface area contributed by atoms with E-state index in [-0.39, 0.29) is 18.3 Å². The van der Waals surface area contributed by atoms with Gasteiger partial charge in [0.2, 0.25) is 0 Å². The third-order valence-corrected chi connectivity index (χ3v) is 4.10. The van der Waals surface area contributed by atoms with E-state index in [4.69, 9.17) is 9.47 Å². The highest BCUT2D eigenvalue weighted by molar-refractivity contribution is 5.87. The van der Waals surface area contributed by atoms with Crippen molar-refractivity contribution in [3.05, 3.63) is 11.6 Å². The first-order valence-corrected chi connectivity index (χ1v) is 7.00. The maximum Gasteiger partial charge on any atom is 0.316 e. The highest BCUT2D eigenvalue weighted by Crippen LogP contribution is 2.40. The van der Waals surface area contributed by atoms with Gasteiger partial charge in [-0.15, -0.1) is 0 Å². The minimum Gasteiger partial charge on any atom is -0.462 e. The molecule has 0 bridgehead atoms. The van der Waals surface area contributed by atoms with Crippen molar-refractivity contribution in [2.45, 2.75) is 57.7 Å². The van der Waals surface area contributed by atoms with Crippen LogP contribution < -0.4 is 0 Å². The number of epoxide rings is 1. The molecule has 0 amide bonds. The number of aldehydes is 1. The summed E-state index contributed by atoms with van der Waals surface area (Å²) in [6.45, 7) is 4.41. The number of carbonyl (C=O) groups is 2. The van der Waals surface area contributed by atoms with Crippen molar-refractivity contribution in [1.29, 1.82) is 0 Å². The van der Waals surface area contributed by atoms with Gasteiger partial charge in [0.25, 0.3) is 0 Å². The van der Waals surface area contributed by atoms with Gasteiger partial charge in [-0.25, -0.2) is 0 Å². The van der Waals surface area contributed by atoms with Crippen LogP contribution in [0, 0.1) is 5.92 Å². The van der Waals surface area contributed by atoms with E-state index >= 15 is 0 Å².